The number of ketones is 1. The summed E-state index contributed by atoms with van der Waals surface area (Å²) in [6, 6.07) is 11.4. The van der Waals surface area contributed by atoms with E-state index in [2.05, 4.69) is 32.2 Å². The molecule has 0 spiro atoms. The Morgan fingerprint density at radius 1 is 1.00 bits per heavy atom. The summed E-state index contributed by atoms with van der Waals surface area (Å²) >= 11 is 0. The number of rotatable bonds is 8. The van der Waals surface area contributed by atoms with Crippen LogP contribution in [0.5, 0.6) is 11.5 Å². The number of hydrogen-bond acceptors (Lipinski definition) is 4. The molecule has 0 saturated heterocycles. The molecule has 0 amide bonds. The Labute approximate surface area is 168 Å². The molecule has 0 aliphatic carbocycles. The molecule has 28 heavy (non-hydrogen) atoms. The Morgan fingerprint density at radius 2 is 1.61 bits per heavy atom. The average molecular weight is 382 g/mol. The van der Waals surface area contributed by atoms with Gasteiger partial charge in [0.05, 0.1) is 13.2 Å². The van der Waals surface area contributed by atoms with E-state index in [1.807, 2.05) is 57.3 Å². The van der Waals surface area contributed by atoms with E-state index in [1.165, 1.54) is 0 Å². The molecule has 0 aromatic heterocycles. The first-order valence-electron chi connectivity index (χ1n) is 9.74. The maximum Gasteiger partial charge on any atom is 0.185 e. The Balaban J connectivity index is 2.40. The third kappa shape index (κ3) is 5.38. The topological polar surface area (TPSA) is 47.6 Å². The van der Waals surface area contributed by atoms with Crippen molar-refractivity contribution in [3.05, 3.63) is 59.2 Å². The normalized spacial score (nSPS) is 11.5. The molecule has 0 aliphatic heterocycles. The summed E-state index contributed by atoms with van der Waals surface area (Å²) in [6.45, 7) is 11.5. The van der Waals surface area contributed by atoms with E-state index in [0.717, 1.165) is 22.6 Å². The summed E-state index contributed by atoms with van der Waals surface area (Å²) in [5, 5.41) is 3.05. The number of anilines is 1. The van der Waals surface area contributed by atoms with Crippen molar-refractivity contribution in [1.82, 2.24) is 0 Å². The second kappa shape index (κ2) is 9.45. The lowest BCUT2D eigenvalue weighted by Gasteiger charge is -2.24. The highest BCUT2D eigenvalue weighted by Gasteiger charge is 2.21. The van der Waals surface area contributed by atoms with Crippen LogP contribution in [0, 0.1) is 0 Å². The fourth-order valence-electron chi connectivity index (χ4n) is 2.91. The summed E-state index contributed by atoms with van der Waals surface area (Å²) in [6.07, 6.45) is 3.42. The van der Waals surface area contributed by atoms with Crippen molar-refractivity contribution < 1.29 is 14.3 Å². The smallest absolute Gasteiger partial charge is 0.185 e. The first-order valence-corrected chi connectivity index (χ1v) is 9.74. The SMILES string of the molecule is CCOc1cc(OCC)c(C(C)(C)C)cc1C=CC(=O)c1ccc(NC)cc1. The van der Waals surface area contributed by atoms with Crippen LogP contribution in [0.15, 0.2) is 42.5 Å². The molecule has 0 aliphatic rings. The van der Waals surface area contributed by atoms with E-state index >= 15 is 0 Å². The van der Waals surface area contributed by atoms with Gasteiger partial charge in [0.25, 0.3) is 0 Å². The van der Waals surface area contributed by atoms with Gasteiger partial charge in [-0.15, -0.1) is 0 Å². The minimum atomic E-state index is -0.0924. The van der Waals surface area contributed by atoms with Crippen LogP contribution in [-0.4, -0.2) is 26.0 Å². The van der Waals surface area contributed by atoms with Gasteiger partial charge in [-0.05, 0) is 61.7 Å². The van der Waals surface area contributed by atoms with Crippen molar-refractivity contribution >= 4 is 17.5 Å². The highest BCUT2D eigenvalue weighted by Crippen LogP contribution is 2.37. The van der Waals surface area contributed by atoms with E-state index in [1.54, 1.807) is 6.08 Å². The number of carbonyl (C=O) groups excluding carboxylic acids is 1. The third-order valence-electron chi connectivity index (χ3n) is 4.39. The Bertz CT molecular complexity index is 830. The lowest BCUT2D eigenvalue weighted by molar-refractivity contribution is 0.104. The van der Waals surface area contributed by atoms with Crippen LogP contribution in [0.1, 0.15) is 56.1 Å². The standard InChI is InChI=1S/C24H31NO3/c1-7-27-22-16-23(28-8-2)20(24(3,4)5)15-18(22)11-14-21(26)17-9-12-19(25-6)13-10-17/h9-16,25H,7-8H2,1-6H3. The largest absolute Gasteiger partial charge is 0.493 e. The molecule has 2 rings (SSSR count). The molecule has 2 aromatic carbocycles. The fourth-order valence-corrected chi connectivity index (χ4v) is 2.91. The zero-order chi connectivity index (χ0) is 20.7. The van der Waals surface area contributed by atoms with Gasteiger partial charge < -0.3 is 14.8 Å². The maximum atomic E-state index is 12.6. The number of nitrogens with one attached hydrogen (secondary N) is 1. The molecule has 0 saturated carbocycles. The maximum absolute atomic E-state index is 12.6. The van der Waals surface area contributed by atoms with Gasteiger partial charge in [-0.2, -0.15) is 0 Å². The highest BCUT2D eigenvalue weighted by atomic mass is 16.5. The number of benzene rings is 2. The van der Waals surface area contributed by atoms with Gasteiger partial charge in [0.1, 0.15) is 11.5 Å². The number of ether oxygens (including phenoxy) is 2. The fraction of sp³-hybridized carbons (Fsp3) is 0.375. The second-order valence-corrected chi connectivity index (χ2v) is 7.53. The molecule has 0 bridgehead atoms. The average Bonchev–Trinajstić information content (AvgIpc) is 2.66. The molecule has 0 fully saturated rings. The van der Waals surface area contributed by atoms with Crippen molar-refractivity contribution in [2.24, 2.45) is 0 Å². The van der Waals surface area contributed by atoms with Crippen LogP contribution in [0.3, 0.4) is 0 Å². The van der Waals surface area contributed by atoms with E-state index in [-0.39, 0.29) is 11.2 Å². The van der Waals surface area contributed by atoms with Crippen molar-refractivity contribution in [2.45, 2.75) is 40.0 Å². The van der Waals surface area contributed by atoms with Crippen LogP contribution in [-0.2, 0) is 5.41 Å². The Morgan fingerprint density at radius 3 is 2.14 bits per heavy atom. The molecule has 2 aromatic rings. The summed E-state index contributed by atoms with van der Waals surface area (Å²) in [4.78, 5) is 12.6. The summed E-state index contributed by atoms with van der Waals surface area (Å²) in [5.74, 6) is 1.49. The van der Waals surface area contributed by atoms with Gasteiger partial charge in [0, 0.05) is 35.5 Å². The van der Waals surface area contributed by atoms with Crippen molar-refractivity contribution in [3.63, 3.8) is 0 Å². The van der Waals surface area contributed by atoms with E-state index < -0.39 is 0 Å². The van der Waals surface area contributed by atoms with Crippen LogP contribution in [0.2, 0.25) is 0 Å². The molecular formula is C24H31NO3. The molecule has 0 atom stereocenters. The van der Waals surface area contributed by atoms with Gasteiger partial charge in [0.2, 0.25) is 0 Å². The molecular weight excluding hydrogens is 350 g/mol. The molecule has 0 unspecified atom stereocenters. The first kappa shape index (κ1) is 21.5. The third-order valence-corrected chi connectivity index (χ3v) is 4.39. The number of hydrogen-bond donors (Lipinski definition) is 1. The molecule has 4 heteroatoms. The lowest BCUT2D eigenvalue weighted by Crippen LogP contribution is -2.14. The monoisotopic (exact) mass is 381 g/mol. The summed E-state index contributed by atoms with van der Waals surface area (Å²) < 4.78 is 11.7. The number of allylic oxidation sites excluding steroid dienone is 1. The highest BCUT2D eigenvalue weighted by molar-refractivity contribution is 6.07. The van der Waals surface area contributed by atoms with Crippen LogP contribution < -0.4 is 14.8 Å². The molecule has 1 N–H and O–H groups in total. The molecule has 0 heterocycles. The Kier molecular flexibility index (Phi) is 7.27. The van der Waals surface area contributed by atoms with E-state index in [0.29, 0.717) is 24.5 Å². The van der Waals surface area contributed by atoms with Gasteiger partial charge in [-0.3, -0.25) is 4.79 Å². The zero-order valence-corrected chi connectivity index (χ0v) is 17.8. The van der Waals surface area contributed by atoms with Gasteiger partial charge in [-0.25, -0.2) is 0 Å². The van der Waals surface area contributed by atoms with Crippen LogP contribution >= 0.6 is 0 Å². The molecule has 0 radical (unpaired) electrons. The van der Waals surface area contributed by atoms with E-state index in [9.17, 15) is 4.79 Å². The number of carbonyl (C=O) groups is 1. The predicted octanol–water partition coefficient (Wildman–Crippen LogP) is 5.72. The minimum absolute atomic E-state index is 0.0451. The van der Waals surface area contributed by atoms with Crippen molar-refractivity contribution in [2.75, 3.05) is 25.6 Å². The van der Waals surface area contributed by atoms with Gasteiger partial charge in [0.15, 0.2) is 5.78 Å². The van der Waals surface area contributed by atoms with Crippen molar-refractivity contribution in [3.8, 4) is 11.5 Å². The zero-order valence-electron chi connectivity index (χ0n) is 17.8. The van der Waals surface area contributed by atoms with E-state index in [4.69, 9.17) is 9.47 Å². The summed E-state index contributed by atoms with van der Waals surface area (Å²) in [5.41, 5.74) is 3.49. The van der Waals surface area contributed by atoms with Crippen LogP contribution in [0.4, 0.5) is 5.69 Å². The van der Waals surface area contributed by atoms with Gasteiger partial charge in [-0.1, -0.05) is 20.8 Å². The molecule has 4 nitrogen and oxygen atoms in total. The lowest BCUT2D eigenvalue weighted by atomic mass is 9.85. The minimum Gasteiger partial charge on any atom is -0.493 e. The van der Waals surface area contributed by atoms with Crippen LogP contribution in [0.25, 0.3) is 6.08 Å². The summed E-state index contributed by atoms with van der Waals surface area (Å²) in [7, 11) is 1.85. The predicted molar refractivity (Wildman–Crippen MR) is 117 cm³/mol. The Hall–Kier alpha value is -2.75. The van der Waals surface area contributed by atoms with Gasteiger partial charge >= 0.3 is 0 Å². The second-order valence-electron chi connectivity index (χ2n) is 7.53. The van der Waals surface area contributed by atoms with Crippen molar-refractivity contribution in [1.29, 1.82) is 0 Å². The first-order chi connectivity index (χ1) is 13.3. The quantitative estimate of drug-likeness (QED) is 0.469. The molecule has 150 valence electrons.